The van der Waals surface area contributed by atoms with E-state index in [0.29, 0.717) is 12.1 Å². The zero-order valence-electron chi connectivity index (χ0n) is 12.9. The fourth-order valence-electron chi connectivity index (χ4n) is 2.18. The predicted octanol–water partition coefficient (Wildman–Crippen LogP) is 3.46. The van der Waals surface area contributed by atoms with Crippen molar-refractivity contribution in [3.05, 3.63) is 45.4 Å². The largest absolute Gasteiger partial charge is 0.385 e. The standard InChI is InChI=1S/C16H21N3OS/c1-5-17-15-7-6-11(2)8-14(15)16(20)19(4)9-13-10-21-12(3)18-13/h6-8,10,17H,5,9H2,1-4H3. The third kappa shape index (κ3) is 3.82. The number of nitrogens with one attached hydrogen (secondary N) is 1. The van der Waals surface area contributed by atoms with E-state index in [0.717, 1.165) is 28.5 Å². The van der Waals surface area contributed by atoms with E-state index in [2.05, 4.69) is 10.3 Å². The Kier molecular flexibility index (Phi) is 4.96. The molecule has 5 heteroatoms. The number of hydrogen-bond acceptors (Lipinski definition) is 4. The van der Waals surface area contributed by atoms with Crippen molar-refractivity contribution >= 4 is 22.9 Å². The minimum atomic E-state index is 0.0142. The van der Waals surface area contributed by atoms with Crippen LogP contribution in [0.3, 0.4) is 0 Å². The van der Waals surface area contributed by atoms with Crippen LogP contribution in [-0.4, -0.2) is 29.4 Å². The van der Waals surface area contributed by atoms with Crippen molar-refractivity contribution in [1.29, 1.82) is 0 Å². The normalized spacial score (nSPS) is 10.5. The summed E-state index contributed by atoms with van der Waals surface area (Å²) in [5, 5.41) is 6.27. The number of anilines is 1. The molecule has 0 bridgehead atoms. The van der Waals surface area contributed by atoms with E-state index in [1.165, 1.54) is 0 Å². The minimum Gasteiger partial charge on any atom is -0.385 e. The maximum absolute atomic E-state index is 12.7. The van der Waals surface area contributed by atoms with Gasteiger partial charge in [-0.05, 0) is 32.9 Å². The van der Waals surface area contributed by atoms with Gasteiger partial charge in [-0.1, -0.05) is 11.6 Å². The second-order valence-electron chi connectivity index (χ2n) is 5.10. The lowest BCUT2D eigenvalue weighted by molar-refractivity contribution is 0.0784. The predicted molar refractivity (Wildman–Crippen MR) is 88.0 cm³/mol. The summed E-state index contributed by atoms with van der Waals surface area (Å²) < 4.78 is 0. The number of amides is 1. The Morgan fingerprint density at radius 1 is 1.38 bits per heavy atom. The second kappa shape index (κ2) is 6.72. The van der Waals surface area contributed by atoms with E-state index in [9.17, 15) is 4.79 Å². The van der Waals surface area contributed by atoms with Crippen molar-refractivity contribution in [1.82, 2.24) is 9.88 Å². The third-order valence-electron chi connectivity index (χ3n) is 3.19. The van der Waals surface area contributed by atoms with E-state index in [-0.39, 0.29) is 5.91 Å². The number of hydrogen-bond donors (Lipinski definition) is 1. The van der Waals surface area contributed by atoms with Crippen molar-refractivity contribution in [3.63, 3.8) is 0 Å². The van der Waals surface area contributed by atoms with E-state index in [4.69, 9.17) is 0 Å². The Balaban J connectivity index is 2.20. The fraction of sp³-hybridized carbons (Fsp3) is 0.375. The third-order valence-corrected chi connectivity index (χ3v) is 4.01. The van der Waals surface area contributed by atoms with Crippen LogP contribution in [0.15, 0.2) is 23.6 Å². The van der Waals surface area contributed by atoms with Gasteiger partial charge >= 0.3 is 0 Å². The number of carbonyl (C=O) groups excluding carboxylic acids is 1. The molecule has 2 rings (SSSR count). The highest BCUT2D eigenvalue weighted by Crippen LogP contribution is 2.20. The molecular weight excluding hydrogens is 282 g/mol. The van der Waals surface area contributed by atoms with Gasteiger partial charge in [0.15, 0.2) is 0 Å². The van der Waals surface area contributed by atoms with E-state index >= 15 is 0 Å². The first-order chi connectivity index (χ1) is 10.0. The highest BCUT2D eigenvalue weighted by Gasteiger charge is 2.17. The average Bonchev–Trinajstić information content (AvgIpc) is 2.85. The Morgan fingerprint density at radius 3 is 2.76 bits per heavy atom. The monoisotopic (exact) mass is 303 g/mol. The molecule has 0 radical (unpaired) electrons. The molecule has 1 aromatic heterocycles. The highest BCUT2D eigenvalue weighted by atomic mass is 32.1. The van der Waals surface area contributed by atoms with Gasteiger partial charge in [-0.15, -0.1) is 11.3 Å². The molecule has 1 heterocycles. The Labute approximate surface area is 129 Å². The molecule has 2 aromatic rings. The Bertz CT molecular complexity index is 636. The number of aromatic nitrogens is 1. The van der Waals surface area contributed by atoms with Crippen molar-refractivity contribution in [3.8, 4) is 0 Å². The van der Waals surface area contributed by atoms with Gasteiger partial charge in [0.2, 0.25) is 0 Å². The molecule has 0 atom stereocenters. The lowest BCUT2D eigenvalue weighted by atomic mass is 10.1. The molecule has 0 spiro atoms. The van der Waals surface area contributed by atoms with Crippen LogP contribution in [0.25, 0.3) is 0 Å². The number of benzene rings is 1. The van der Waals surface area contributed by atoms with Crippen molar-refractivity contribution < 1.29 is 4.79 Å². The number of rotatable bonds is 5. The van der Waals surface area contributed by atoms with Crippen LogP contribution in [0.4, 0.5) is 5.69 Å². The van der Waals surface area contributed by atoms with Gasteiger partial charge in [-0.2, -0.15) is 0 Å². The molecule has 0 unspecified atom stereocenters. The highest BCUT2D eigenvalue weighted by molar-refractivity contribution is 7.09. The number of nitrogens with zero attached hydrogens (tertiary/aromatic N) is 2. The van der Waals surface area contributed by atoms with E-state index in [1.54, 1.807) is 16.2 Å². The SMILES string of the molecule is CCNc1ccc(C)cc1C(=O)N(C)Cc1csc(C)n1. The first-order valence-electron chi connectivity index (χ1n) is 7.02. The molecule has 0 saturated heterocycles. The van der Waals surface area contributed by atoms with Gasteiger partial charge in [-0.25, -0.2) is 4.98 Å². The number of carbonyl (C=O) groups is 1. The van der Waals surface area contributed by atoms with Crippen LogP contribution in [-0.2, 0) is 6.54 Å². The second-order valence-corrected chi connectivity index (χ2v) is 6.16. The lowest BCUT2D eigenvalue weighted by Gasteiger charge is -2.19. The Morgan fingerprint density at radius 2 is 2.14 bits per heavy atom. The minimum absolute atomic E-state index is 0.0142. The van der Waals surface area contributed by atoms with Crippen LogP contribution in [0.5, 0.6) is 0 Å². The molecule has 1 amide bonds. The van der Waals surface area contributed by atoms with Crippen LogP contribution in [0.1, 0.15) is 33.5 Å². The maximum atomic E-state index is 12.7. The van der Waals surface area contributed by atoms with Crippen LogP contribution in [0.2, 0.25) is 0 Å². The summed E-state index contributed by atoms with van der Waals surface area (Å²) in [6.07, 6.45) is 0. The van der Waals surface area contributed by atoms with Gasteiger partial charge < -0.3 is 10.2 Å². The first kappa shape index (κ1) is 15.5. The van der Waals surface area contributed by atoms with Gasteiger partial charge in [0.05, 0.1) is 22.8 Å². The van der Waals surface area contributed by atoms with Crippen molar-refractivity contribution in [2.75, 3.05) is 18.9 Å². The first-order valence-corrected chi connectivity index (χ1v) is 7.90. The average molecular weight is 303 g/mol. The lowest BCUT2D eigenvalue weighted by Crippen LogP contribution is -2.27. The molecule has 21 heavy (non-hydrogen) atoms. The molecule has 0 aliphatic carbocycles. The summed E-state index contributed by atoms with van der Waals surface area (Å²) in [5.41, 5.74) is 3.62. The van der Waals surface area contributed by atoms with Crippen molar-refractivity contribution in [2.45, 2.75) is 27.3 Å². The maximum Gasteiger partial charge on any atom is 0.256 e. The zero-order chi connectivity index (χ0) is 15.4. The zero-order valence-corrected chi connectivity index (χ0v) is 13.8. The smallest absolute Gasteiger partial charge is 0.256 e. The number of aryl methyl sites for hydroxylation is 2. The van der Waals surface area contributed by atoms with Crippen LogP contribution in [0, 0.1) is 13.8 Å². The summed E-state index contributed by atoms with van der Waals surface area (Å²) in [7, 11) is 1.81. The number of thiazole rings is 1. The molecule has 0 saturated carbocycles. The van der Waals surface area contributed by atoms with Crippen LogP contribution >= 0.6 is 11.3 Å². The molecule has 0 fully saturated rings. The Hall–Kier alpha value is -1.88. The summed E-state index contributed by atoms with van der Waals surface area (Å²) >= 11 is 1.61. The fourth-order valence-corrected chi connectivity index (χ4v) is 2.78. The molecule has 1 aromatic carbocycles. The van der Waals surface area contributed by atoms with Crippen LogP contribution < -0.4 is 5.32 Å². The molecule has 0 aliphatic heterocycles. The van der Waals surface area contributed by atoms with Gasteiger partial charge in [0.1, 0.15) is 0 Å². The summed E-state index contributed by atoms with van der Waals surface area (Å²) in [4.78, 5) is 18.8. The van der Waals surface area contributed by atoms with Crippen molar-refractivity contribution in [2.24, 2.45) is 0 Å². The van der Waals surface area contributed by atoms with E-state index in [1.807, 2.05) is 51.4 Å². The summed E-state index contributed by atoms with van der Waals surface area (Å²) in [6.45, 7) is 7.31. The van der Waals surface area contributed by atoms with Gasteiger partial charge in [-0.3, -0.25) is 4.79 Å². The molecule has 112 valence electrons. The van der Waals surface area contributed by atoms with E-state index < -0.39 is 0 Å². The van der Waals surface area contributed by atoms with Gasteiger partial charge in [0, 0.05) is 24.7 Å². The summed E-state index contributed by atoms with van der Waals surface area (Å²) in [6, 6.07) is 5.91. The molecule has 0 aliphatic rings. The molecule has 4 nitrogen and oxygen atoms in total. The summed E-state index contributed by atoms with van der Waals surface area (Å²) in [5.74, 6) is 0.0142. The molecular formula is C16H21N3OS. The quantitative estimate of drug-likeness (QED) is 0.920. The van der Waals surface area contributed by atoms with Gasteiger partial charge in [0.25, 0.3) is 5.91 Å². The molecule has 1 N–H and O–H groups in total. The topological polar surface area (TPSA) is 45.2 Å².